The fraction of sp³-hybridized carbons (Fsp3) is 0. The number of aromatic nitrogens is 4. The minimum absolute atomic E-state index is 0.299. The Hall–Kier alpha value is -3.32. The van der Waals surface area contributed by atoms with E-state index in [0.29, 0.717) is 21.8 Å². The van der Waals surface area contributed by atoms with Crippen LogP contribution in [0.25, 0.3) is 44.7 Å². The van der Waals surface area contributed by atoms with Gasteiger partial charge in [-0.3, -0.25) is 10.1 Å². The third kappa shape index (κ3) is 2.80. The molecule has 0 aliphatic heterocycles. The quantitative estimate of drug-likeness (QED) is 0.386. The molecule has 0 saturated heterocycles. The summed E-state index contributed by atoms with van der Waals surface area (Å²) in [7, 11) is 0. The van der Waals surface area contributed by atoms with E-state index in [4.69, 9.17) is 9.40 Å². The highest BCUT2D eigenvalue weighted by molar-refractivity contribution is 9.10. The summed E-state index contributed by atoms with van der Waals surface area (Å²) in [4.78, 5) is 8.91. The summed E-state index contributed by atoms with van der Waals surface area (Å²) in [6.07, 6.45) is 5.18. The lowest BCUT2D eigenvalue weighted by molar-refractivity contribution is 0.556. The van der Waals surface area contributed by atoms with E-state index in [1.165, 1.54) is 12.1 Å². The molecule has 5 nitrogen and oxygen atoms in total. The predicted octanol–water partition coefficient (Wildman–Crippen LogP) is 5.85. The van der Waals surface area contributed by atoms with Gasteiger partial charge in [-0.25, -0.2) is 9.37 Å². The Morgan fingerprint density at radius 2 is 1.68 bits per heavy atom. The van der Waals surface area contributed by atoms with Crippen molar-refractivity contribution in [2.24, 2.45) is 0 Å². The molecule has 0 unspecified atom stereocenters. The van der Waals surface area contributed by atoms with Gasteiger partial charge in [0.2, 0.25) is 0 Å². The van der Waals surface area contributed by atoms with Crippen molar-refractivity contribution in [2.45, 2.75) is 0 Å². The van der Waals surface area contributed by atoms with Gasteiger partial charge in [0.1, 0.15) is 11.6 Å². The SMILES string of the molecule is Fc1ccc(-c2nc3[nH]ncc3c(-c3ccc(Br)o3)c2-c2ccncc2)cc1. The van der Waals surface area contributed by atoms with E-state index >= 15 is 0 Å². The largest absolute Gasteiger partial charge is 0.449 e. The maximum Gasteiger partial charge on any atom is 0.169 e. The van der Waals surface area contributed by atoms with Gasteiger partial charge in [-0.1, -0.05) is 0 Å². The molecule has 0 aliphatic carbocycles. The average Bonchev–Trinajstić information content (AvgIpc) is 3.36. The second kappa shape index (κ2) is 6.69. The molecule has 0 saturated carbocycles. The molecule has 4 heterocycles. The van der Waals surface area contributed by atoms with Crippen LogP contribution in [0.2, 0.25) is 0 Å². The molecule has 0 radical (unpaired) electrons. The third-order valence-corrected chi connectivity index (χ3v) is 4.93. The zero-order valence-electron chi connectivity index (χ0n) is 14.4. The summed E-state index contributed by atoms with van der Waals surface area (Å²) in [5.74, 6) is 0.378. The number of hydrogen-bond acceptors (Lipinski definition) is 4. The molecule has 0 fully saturated rings. The first-order valence-corrected chi connectivity index (χ1v) is 9.29. The van der Waals surface area contributed by atoms with Crippen LogP contribution in [-0.4, -0.2) is 20.2 Å². The van der Waals surface area contributed by atoms with Gasteiger partial charge in [-0.2, -0.15) is 5.10 Å². The Labute approximate surface area is 167 Å². The monoisotopic (exact) mass is 434 g/mol. The molecule has 136 valence electrons. The smallest absolute Gasteiger partial charge is 0.169 e. The van der Waals surface area contributed by atoms with Gasteiger partial charge in [-0.15, -0.1) is 0 Å². The summed E-state index contributed by atoms with van der Waals surface area (Å²) >= 11 is 3.38. The van der Waals surface area contributed by atoms with Crippen molar-refractivity contribution >= 4 is 27.0 Å². The van der Waals surface area contributed by atoms with Crippen molar-refractivity contribution in [2.75, 3.05) is 0 Å². The maximum absolute atomic E-state index is 13.5. The molecule has 5 aromatic rings. The molecular weight excluding hydrogens is 423 g/mol. The van der Waals surface area contributed by atoms with Crippen LogP contribution in [0.5, 0.6) is 0 Å². The number of pyridine rings is 2. The molecule has 0 aliphatic rings. The number of nitrogens with one attached hydrogen (secondary N) is 1. The van der Waals surface area contributed by atoms with E-state index in [1.807, 2.05) is 24.3 Å². The second-order valence-corrected chi connectivity index (χ2v) is 6.97. The number of hydrogen-bond donors (Lipinski definition) is 1. The topological polar surface area (TPSA) is 67.6 Å². The third-order valence-electron chi connectivity index (χ3n) is 4.51. The number of rotatable bonds is 3. The Morgan fingerprint density at radius 3 is 2.39 bits per heavy atom. The van der Waals surface area contributed by atoms with E-state index in [1.54, 1.807) is 30.7 Å². The van der Waals surface area contributed by atoms with Gasteiger partial charge in [0.15, 0.2) is 10.3 Å². The van der Waals surface area contributed by atoms with Crippen LogP contribution in [0, 0.1) is 5.82 Å². The summed E-state index contributed by atoms with van der Waals surface area (Å²) < 4.78 is 20.0. The lowest BCUT2D eigenvalue weighted by Crippen LogP contribution is -1.95. The first-order valence-electron chi connectivity index (χ1n) is 8.50. The van der Waals surface area contributed by atoms with E-state index in [-0.39, 0.29) is 5.82 Å². The summed E-state index contributed by atoms with van der Waals surface area (Å²) in [6, 6.07) is 13.8. The van der Waals surface area contributed by atoms with Crippen LogP contribution in [0.15, 0.2) is 76.2 Å². The molecular formula is C21H12BrFN4O. The Balaban J connectivity index is 1.93. The standard InChI is InChI=1S/C21H12BrFN4O/c22-17-6-5-16(28-17)19-15-11-25-27-21(15)26-20(13-1-3-14(23)4-2-13)18(19)12-7-9-24-10-8-12/h1-11H,(H,25,26,27). The molecule has 0 atom stereocenters. The van der Waals surface area contributed by atoms with Crippen molar-refractivity contribution in [3.63, 3.8) is 0 Å². The fourth-order valence-electron chi connectivity index (χ4n) is 3.29. The number of aromatic amines is 1. The molecule has 0 amide bonds. The minimum atomic E-state index is -0.299. The zero-order valence-corrected chi connectivity index (χ0v) is 15.9. The summed E-state index contributed by atoms with van der Waals surface area (Å²) in [6.45, 7) is 0. The lowest BCUT2D eigenvalue weighted by atomic mass is 9.92. The van der Waals surface area contributed by atoms with E-state index < -0.39 is 0 Å². The van der Waals surface area contributed by atoms with Gasteiger partial charge in [-0.05, 0) is 70.0 Å². The highest BCUT2D eigenvalue weighted by Gasteiger charge is 2.22. The molecule has 1 N–H and O–H groups in total. The van der Waals surface area contributed by atoms with Crippen molar-refractivity contribution < 1.29 is 8.81 Å². The number of H-pyrrole nitrogens is 1. The van der Waals surface area contributed by atoms with Gasteiger partial charge in [0, 0.05) is 29.1 Å². The first kappa shape index (κ1) is 16.8. The number of nitrogens with zero attached hydrogens (tertiary/aromatic N) is 3. The lowest BCUT2D eigenvalue weighted by Gasteiger charge is -2.15. The summed E-state index contributed by atoms with van der Waals surface area (Å²) in [5, 5.41) is 7.93. The Morgan fingerprint density at radius 1 is 0.893 bits per heavy atom. The van der Waals surface area contributed by atoms with Crippen molar-refractivity contribution in [1.82, 2.24) is 20.2 Å². The number of fused-ring (bicyclic) bond motifs is 1. The fourth-order valence-corrected chi connectivity index (χ4v) is 3.60. The van der Waals surface area contributed by atoms with Gasteiger partial charge >= 0.3 is 0 Å². The summed E-state index contributed by atoms with van der Waals surface area (Å²) in [5.41, 5.74) is 4.76. The molecule has 7 heteroatoms. The van der Waals surface area contributed by atoms with Crippen LogP contribution in [0.3, 0.4) is 0 Å². The van der Waals surface area contributed by atoms with Crippen LogP contribution in [0.1, 0.15) is 0 Å². The molecule has 0 spiro atoms. The van der Waals surface area contributed by atoms with Crippen LogP contribution >= 0.6 is 15.9 Å². The molecule has 1 aromatic carbocycles. The van der Waals surface area contributed by atoms with Gasteiger partial charge in [0.05, 0.1) is 17.3 Å². The van der Waals surface area contributed by atoms with Crippen LogP contribution < -0.4 is 0 Å². The van der Waals surface area contributed by atoms with Gasteiger partial charge < -0.3 is 4.42 Å². The van der Waals surface area contributed by atoms with Crippen LogP contribution in [-0.2, 0) is 0 Å². The number of benzene rings is 1. The van der Waals surface area contributed by atoms with Crippen molar-refractivity contribution in [3.8, 4) is 33.7 Å². The Bertz CT molecular complexity index is 1280. The van der Waals surface area contributed by atoms with E-state index in [9.17, 15) is 4.39 Å². The maximum atomic E-state index is 13.5. The van der Waals surface area contributed by atoms with Gasteiger partial charge in [0.25, 0.3) is 0 Å². The van der Waals surface area contributed by atoms with Crippen LogP contribution in [0.4, 0.5) is 4.39 Å². The van der Waals surface area contributed by atoms with E-state index in [2.05, 4.69) is 31.1 Å². The van der Waals surface area contributed by atoms with E-state index in [0.717, 1.165) is 27.6 Å². The normalized spacial score (nSPS) is 11.2. The first-order chi connectivity index (χ1) is 13.7. The van der Waals surface area contributed by atoms with Crippen molar-refractivity contribution in [3.05, 3.63) is 77.6 Å². The predicted molar refractivity (Wildman–Crippen MR) is 108 cm³/mol. The zero-order chi connectivity index (χ0) is 19.1. The Kier molecular flexibility index (Phi) is 4.02. The highest BCUT2D eigenvalue weighted by Crippen LogP contribution is 2.43. The van der Waals surface area contributed by atoms with Crippen molar-refractivity contribution in [1.29, 1.82) is 0 Å². The number of furan rings is 1. The molecule has 0 bridgehead atoms. The minimum Gasteiger partial charge on any atom is -0.449 e. The molecule has 5 rings (SSSR count). The highest BCUT2D eigenvalue weighted by atomic mass is 79.9. The molecule has 28 heavy (non-hydrogen) atoms. The second-order valence-electron chi connectivity index (χ2n) is 6.19. The average molecular weight is 435 g/mol. The molecule has 4 aromatic heterocycles. The number of halogens is 2.